The number of ether oxygens (including phenoxy) is 4. The van der Waals surface area contributed by atoms with E-state index in [0.717, 1.165) is 33.7 Å². The summed E-state index contributed by atoms with van der Waals surface area (Å²) in [5, 5.41) is 8.49. The summed E-state index contributed by atoms with van der Waals surface area (Å²) in [6.45, 7) is 9.90. The van der Waals surface area contributed by atoms with Gasteiger partial charge in [0.1, 0.15) is 42.1 Å². The normalized spacial score (nSPS) is 18.4. The van der Waals surface area contributed by atoms with E-state index in [1.54, 1.807) is 7.11 Å². The van der Waals surface area contributed by atoms with E-state index >= 15 is 0 Å². The number of benzene rings is 3. The molecular formula is C38H42N2O7. The van der Waals surface area contributed by atoms with Gasteiger partial charge in [-0.3, -0.25) is 4.79 Å². The monoisotopic (exact) mass is 638 g/mol. The molecule has 0 bridgehead atoms. The van der Waals surface area contributed by atoms with Crippen LogP contribution in [0, 0.1) is 20.8 Å². The molecule has 9 heteroatoms. The molecule has 3 aromatic carbocycles. The van der Waals surface area contributed by atoms with Gasteiger partial charge in [0.15, 0.2) is 11.9 Å². The maximum Gasteiger partial charge on any atom is 0.306 e. The second-order valence-corrected chi connectivity index (χ2v) is 11.8. The van der Waals surface area contributed by atoms with Gasteiger partial charge < -0.3 is 28.3 Å². The first-order valence-electron chi connectivity index (χ1n) is 15.8. The average molecular weight is 639 g/mol. The molecule has 47 heavy (non-hydrogen) atoms. The van der Waals surface area contributed by atoms with Crippen LogP contribution in [0.2, 0.25) is 0 Å². The first-order valence-corrected chi connectivity index (χ1v) is 15.8. The molecule has 0 saturated carbocycles. The third-order valence-electron chi connectivity index (χ3n) is 7.95. The molecule has 5 rings (SSSR count). The van der Waals surface area contributed by atoms with Gasteiger partial charge in [0, 0.05) is 11.6 Å². The Balaban J connectivity index is 1.14. The number of rotatable bonds is 13. The maximum absolute atomic E-state index is 12.8. The molecule has 4 aromatic rings. The first kappa shape index (κ1) is 33.5. The fourth-order valence-electron chi connectivity index (χ4n) is 5.52. The van der Waals surface area contributed by atoms with E-state index in [1.165, 1.54) is 5.56 Å². The molecule has 0 N–H and O–H groups in total. The molecule has 246 valence electrons. The Labute approximate surface area is 276 Å². The van der Waals surface area contributed by atoms with Gasteiger partial charge in [0.05, 0.1) is 19.2 Å². The maximum atomic E-state index is 12.8. The number of oxime groups is 1. The van der Waals surface area contributed by atoms with Crippen LogP contribution in [-0.2, 0) is 19.1 Å². The zero-order valence-electron chi connectivity index (χ0n) is 27.8. The Morgan fingerprint density at radius 3 is 2.34 bits per heavy atom. The van der Waals surface area contributed by atoms with Gasteiger partial charge in [-0.05, 0) is 88.1 Å². The van der Waals surface area contributed by atoms with Crippen LogP contribution in [-0.4, -0.2) is 42.8 Å². The zero-order chi connectivity index (χ0) is 33.3. The van der Waals surface area contributed by atoms with E-state index in [1.807, 2.05) is 86.7 Å². The lowest BCUT2D eigenvalue weighted by Crippen LogP contribution is -2.40. The summed E-state index contributed by atoms with van der Waals surface area (Å²) in [4.78, 5) is 18.5. The molecule has 0 unspecified atom stereocenters. The van der Waals surface area contributed by atoms with Gasteiger partial charge in [-0.25, -0.2) is 0 Å². The highest BCUT2D eigenvalue weighted by Gasteiger charge is 2.31. The van der Waals surface area contributed by atoms with Crippen LogP contribution >= 0.6 is 0 Å². The third kappa shape index (κ3) is 8.89. The lowest BCUT2D eigenvalue weighted by Gasteiger charge is -2.32. The van der Waals surface area contributed by atoms with Crippen molar-refractivity contribution in [2.45, 2.75) is 71.9 Å². The van der Waals surface area contributed by atoms with Gasteiger partial charge in [0.25, 0.3) is 0 Å². The first-order chi connectivity index (χ1) is 22.7. The van der Waals surface area contributed by atoms with Crippen LogP contribution < -0.4 is 9.47 Å². The summed E-state index contributed by atoms with van der Waals surface area (Å²) < 4.78 is 29.1. The van der Waals surface area contributed by atoms with Crippen molar-refractivity contribution in [3.05, 3.63) is 113 Å². The predicted octanol–water partition coefficient (Wildman–Crippen LogP) is 8.20. The molecule has 1 aromatic heterocycles. The highest BCUT2D eigenvalue weighted by molar-refractivity contribution is 5.85. The molecule has 1 aliphatic rings. The lowest BCUT2D eigenvalue weighted by atomic mass is 9.97. The molecule has 4 atom stereocenters. The standard InChI is InChI=1S/C38H42N2O7/c1-24-20-25(2)38(26(3)21-24)32-22-35(47-40-32)28(5)46-39-27(4)12-19-37(41)43-23-36-34(44-31-15-13-30(42-6)14-16-31)18-17-33(45-36)29-10-8-7-9-11-29/h7-11,13-18,20-22,28,33-34,36H,12,19,23H2,1-6H3/t28-,33-,34-,36-/m0/s1. The number of carbonyl (C=O) groups is 1. The Hall–Kier alpha value is -4.89. The van der Waals surface area contributed by atoms with E-state index in [0.29, 0.717) is 23.6 Å². The lowest BCUT2D eigenvalue weighted by molar-refractivity contribution is -0.152. The number of aromatic nitrogens is 1. The van der Waals surface area contributed by atoms with Gasteiger partial charge >= 0.3 is 5.97 Å². The Kier molecular flexibility index (Phi) is 11.1. The van der Waals surface area contributed by atoms with Crippen molar-refractivity contribution in [2.75, 3.05) is 13.7 Å². The summed E-state index contributed by atoms with van der Waals surface area (Å²) >= 11 is 0. The van der Waals surface area contributed by atoms with Crippen LogP contribution in [0.1, 0.15) is 66.9 Å². The largest absolute Gasteiger partial charge is 0.497 e. The summed E-state index contributed by atoms with van der Waals surface area (Å²) in [5.41, 5.74) is 6.96. The predicted molar refractivity (Wildman–Crippen MR) is 180 cm³/mol. The van der Waals surface area contributed by atoms with E-state index < -0.39 is 18.3 Å². The number of hydrogen-bond donors (Lipinski definition) is 0. The molecule has 0 spiro atoms. The van der Waals surface area contributed by atoms with Gasteiger partial charge in [-0.1, -0.05) is 64.4 Å². The van der Waals surface area contributed by atoms with Crippen LogP contribution in [0.5, 0.6) is 11.5 Å². The zero-order valence-corrected chi connectivity index (χ0v) is 27.8. The van der Waals surface area contributed by atoms with Gasteiger partial charge in [-0.15, -0.1) is 0 Å². The van der Waals surface area contributed by atoms with E-state index in [4.69, 9.17) is 28.3 Å². The van der Waals surface area contributed by atoms with Crippen LogP contribution in [0.25, 0.3) is 11.3 Å². The third-order valence-corrected chi connectivity index (χ3v) is 7.95. The Morgan fingerprint density at radius 2 is 1.64 bits per heavy atom. The molecule has 9 nitrogen and oxygen atoms in total. The number of esters is 1. The van der Waals surface area contributed by atoms with Crippen molar-refractivity contribution in [1.29, 1.82) is 0 Å². The summed E-state index contributed by atoms with van der Waals surface area (Å²) in [7, 11) is 1.62. The minimum atomic E-state index is -0.519. The van der Waals surface area contributed by atoms with Crippen LogP contribution in [0.4, 0.5) is 0 Å². The van der Waals surface area contributed by atoms with Crippen LogP contribution in [0.3, 0.4) is 0 Å². The fraction of sp³-hybridized carbons (Fsp3) is 0.342. The number of hydrogen-bond acceptors (Lipinski definition) is 9. The molecule has 0 aliphatic carbocycles. The molecular weight excluding hydrogens is 596 g/mol. The summed E-state index contributed by atoms with van der Waals surface area (Å²) in [6.07, 6.45) is 2.72. The topological polar surface area (TPSA) is 102 Å². The molecule has 0 radical (unpaired) electrons. The SMILES string of the molecule is COc1ccc(O[C@H]2C=C[C@@H](c3ccccc3)O[C@H]2COC(=O)CCC(C)=NO[C@@H](C)c2cc(-c3c(C)cc(C)cc3C)no2)cc1. The molecule has 0 amide bonds. The Bertz CT molecular complexity index is 1670. The smallest absolute Gasteiger partial charge is 0.306 e. The average Bonchev–Trinajstić information content (AvgIpc) is 3.56. The minimum Gasteiger partial charge on any atom is -0.497 e. The van der Waals surface area contributed by atoms with Crippen molar-refractivity contribution in [3.8, 4) is 22.8 Å². The van der Waals surface area contributed by atoms with Crippen molar-refractivity contribution in [1.82, 2.24) is 5.16 Å². The molecule has 1 aliphatic heterocycles. The quantitative estimate of drug-likeness (QED) is 0.0625. The van der Waals surface area contributed by atoms with Gasteiger partial charge in [0.2, 0.25) is 0 Å². The number of carbonyl (C=O) groups excluding carboxylic acids is 1. The van der Waals surface area contributed by atoms with Crippen molar-refractivity contribution < 1.29 is 33.1 Å². The van der Waals surface area contributed by atoms with Gasteiger partial charge in [-0.2, -0.15) is 0 Å². The highest BCUT2D eigenvalue weighted by atomic mass is 16.6. The van der Waals surface area contributed by atoms with Crippen molar-refractivity contribution in [2.24, 2.45) is 5.16 Å². The fourth-order valence-corrected chi connectivity index (χ4v) is 5.52. The van der Waals surface area contributed by atoms with E-state index in [-0.39, 0.29) is 25.1 Å². The number of nitrogens with zero attached hydrogens (tertiary/aromatic N) is 2. The second-order valence-electron chi connectivity index (χ2n) is 11.8. The number of methoxy groups -OCH3 is 1. The summed E-state index contributed by atoms with van der Waals surface area (Å²) in [6, 6.07) is 23.3. The van der Waals surface area contributed by atoms with Crippen molar-refractivity contribution in [3.63, 3.8) is 0 Å². The van der Waals surface area contributed by atoms with Crippen molar-refractivity contribution >= 4 is 11.7 Å². The second kappa shape index (κ2) is 15.6. The number of aryl methyl sites for hydroxylation is 3. The minimum absolute atomic E-state index is 0.0326. The summed E-state index contributed by atoms with van der Waals surface area (Å²) in [5.74, 6) is 1.59. The van der Waals surface area contributed by atoms with Crippen LogP contribution in [0.15, 0.2) is 94.6 Å². The Morgan fingerprint density at radius 1 is 0.936 bits per heavy atom. The molecule has 2 heterocycles. The molecule has 0 fully saturated rings. The van der Waals surface area contributed by atoms with E-state index in [9.17, 15) is 4.79 Å². The van der Waals surface area contributed by atoms with E-state index in [2.05, 4.69) is 43.2 Å². The molecule has 0 saturated heterocycles. The highest BCUT2D eigenvalue weighted by Crippen LogP contribution is 2.31.